The summed E-state index contributed by atoms with van der Waals surface area (Å²) in [6.07, 6.45) is 1.63. The molecule has 1 saturated heterocycles. The number of hydrogen-bond donors (Lipinski definition) is 2. The Morgan fingerprint density at radius 2 is 2.42 bits per heavy atom. The zero-order valence-corrected chi connectivity index (χ0v) is 13.6. The van der Waals surface area contributed by atoms with Crippen LogP contribution in [-0.4, -0.2) is 50.5 Å². The van der Waals surface area contributed by atoms with Crippen LogP contribution >= 0.6 is 39.5 Å². The highest BCUT2D eigenvalue weighted by Crippen LogP contribution is 2.25. The molecule has 1 aromatic rings. The highest BCUT2D eigenvalue weighted by molar-refractivity contribution is 9.10. The van der Waals surface area contributed by atoms with E-state index in [-0.39, 0.29) is 18.7 Å². The molecule has 0 bridgehead atoms. The maximum atomic E-state index is 11.9. The van der Waals surface area contributed by atoms with E-state index in [1.165, 1.54) is 16.2 Å². The first-order valence-corrected chi connectivity index (χ1v) is 9.01. The van der Waals surface area contributed by atoms with E-state index in [4.69, 9.17) is 5.11 Å². The number of aliphatic hydroxyl groups excluding tert-OH is 1. The van der Waals surface area contributed by atoms with Gasteiger partial charge in [0.15, 0.2) is 0 Å². The van der Waals surface area contributed by atoms with Crippen LogP contribution in [0, 0.1) is 0 Å². The van der Waals surface area contributed by atoms with Crippen LogP contribution in [0.3, 0.4) is 0 Å². The minimum atomic E-state index is -0.218. The summed E-state index contributed by atoms with van der Waals surface area (Å²) in [4.78, 5) is 11.9. The van der Waals surface area contributed by atoms with E-state index in [9.17, 15) is 4.79 Å². The molecule has 0 radical (unpaired) electrons. The fourth-order valence-electron chi connectivity index (χ4n) is 1.72. The smallest absolute Gasteiger partial charge is 0.283 e. The molecule has 2 rings (SSSR count). The second kappa shape index (κ2) is 7.56. The van der Waals surface area contributed by atoms with E-state index in [0.29, 0.717) is 9.72 Å². The molecule has 0 aromatic carbocycles. The van der Waals surface area contributed by atoms with Crippen LogP contribution < -0.4 is 10.9 Å². The van der Waals surface area contributed by atoms with Gasteiger partial charge in [0.2, 0.25) is 0 Å². The Morgan fingerprint density at radius 3 is 3.11 bits per heavy atom. The van der Waals surface area contributed by atoms with Crippen LogP contribution in [-0.2, 0) is 6.54 Å². The maximum absolute atomic E-state index is 11.9. The molecule has 1 unspecified atom stereocenters. The van der Waals surface area contributed by atoms with Crippen LogP contribution in [0.5, 0.6) is 0 Å². The molecule has 1 aromatic heterocycles. The zero-order valence-electron chi connectivity index (χ0n) is 10.3. The third kappa shape index (κ3) is 4.14. The SMILES string of the molecule is O=c1c(Br)c(NCC2CSCCS2)cnn1CCO. The van der Waals surface area contributed by atoms with Crippen LogP contribution in [0.1, 0.15) is 0 Å². The molecule has 0 saturated carbocycles. The van der Waals surface area contributed by atoms with Crippen LogP contribution in [0.2, 0.25) is 0 Å². The topological polar surface area (TPSA) is 67.2 Å². The molecular formula is C11H16BrN3O2S2. The van der Waals surface area contributed by atoms with E-state index in [1.54, 1.807) is 6.20 Å². The molecule has 2 heterocycles. The molecule has 1 fully saturated rings. The van der Waals surface area contributed by atoms with Crippen molar-refractivity contribution in [3.05, 3.63) is 21.0 Å². The summed E-state index contributed by atoms with van der Waals surface area (Å²) in [6, 6.07) is 0. The summed E-state index contributed by atoms with van der Waals surface area (Å²) in [5.41, 5.74) is 0.500. The Labute approximate surface area is 128 Å². The Morgan fingerprint density at radius 1 is 1.58 bits per heavy atom. The first-order valence-electron chi connectivity index (χ1n) is 6.02. The quantitative estimate of drug-likeness (QED) is 0.818. The van der Waals surface area contributed by atoms with Crippen molar-refractivity contribution in [1.82, 2.24) is 9.78 Å². The zero-order chi connectivity index (χ0) is 13.7. The normalized spacial score (nSPS) is 19.4. The van der Waals surface area contributed by atoms with E-state index in [1.807, 2.05) is 23.5 Å². The molecule has 1 aliphatic rings. The monoisotopic (exact) mass is 365 g/mol. The van der Waals surface area contributed by atoms with Crippen LogP contribution in [0.15, 0.2) is 15.5 Å². The van der Waals surface area contributed by atoms with Gasteiger partial charge in [-0.2, -0.15) is 28.6 Å². The van der Waals surface area contributed by atoms with Gasteiger partial charge in [0, 0.05) is 29.1 Å². The van der Waals surface area contributed by atoms with Gasteiger partial charge in [0.05, 0.1) is 25.0 Å². The lowest BCUT2D eigenvalue weighted by Gasteiger charge is -2.21. The van der Waals surface area contributed by atoms with E-state index < -0.39 is 0 Å². The summed E-state index contributed by atoms with van der Waals surface area (Å²) < 4.78 is 1.73. The van der Waals surface area contributed by atoms with Crippen molar-refractivity contribution >= 4 is 45.1 Å². The lowest BCUT2D eigenvalue weighted by Crippen LogP contribution is -2.28. The molecule has 0 spiro atoms. The van der Waals surface area contributed by atoms with Gasteiger partial charge in [-0.25, -0.2) is 4.68 Å². The predicted molar refractivity (Wildman–Crippen MR) is 85.3 cm³/mol. The third-order valence-electron chi connectivity index (χ3n) is 2.70. The summed E-state index contributed by atoms with van der Waals surface area (Å²) >= 11 is 7.24. The van der Waals surface area contributed by atoms with Gasteiger partial charge in [-0.15, -0.1) is 0 Å². The number of hydrogen-bond acceptors (Lipinski definition) is 6. The fraction of sp³-hybridized carbons (Fsp3) is 0.636. The average Bonchev–Trinajstić information content (AvgIpc) is 2.44. The highest BCUT2D eigenvalue weighted by Gasteiger charge is 2.15. The van der Waals surface area contributed by atoms with Gasteiger partial charge in [-0.1, -0.05) is 0 Å². The summed E-state index contributed by atoms with van der Waals surface area (Å²) in [6.45, 7) is 0.955. The van der Waals surface area contributed by atoms with Crippen molar-refractivity contribution in [2.24, 2.45) is 0 Å². The standard InChI is InChI=1S/C11H16BrN3O2S2/c12-10-9(6-14-15(1-2-16)11(10)17)13-5-8-7-18-3-4-19-8/h6,8,13,16H,1-5,7H2. The van der Waals surface area contributed by atoms with Crippen LogP contribution in [0.25, 0.3) is 0 Å². The van der Waals surface area contributed by atoms with Gasteiger partial charge >= 0.3 is 0 Å². The van der Waals surface area contributed by atoms with Crippen molar-refractivity contribution < 1.29 is 5.11 Å². The minimum absolute atomic E-state index is 0.0952. The van der Waals surface area contributed by atoms with Crippen molar-refractivity contribution in [1.29, 1.82) is 0 Å². The second-order valence-corrected chi connectivity index (χ2v) is 7.42. The number of nitrogens with zero attached hydrogens (tertiary/aromatic N) is 2. The third-order valence-corrected chi connectivity index (χ3v) is 6.31. The summed E-state index contributed by atoms with van der Waals surface area (Å²) in [5.74, 6) is 3.56. The first-order chi connectivity index (χ1) is 9.22. The van der Waals surface area contributed by atoms with E-state index in [2.05, 4.69) is 26.3 Å². The number of halogens is 1. The number of rotatable bonds is 5. The van der Waals surface area contributed by atoms with Gasteiger partial charge < -0.3 is 10.4 Å². The van der Waals surface area contributed by atoms with Gasteiger partial charge in [0.1, 0.15) is 4.47 Å². The predicted octanol–water partition coefficient (Wildman–Crippen LogP) is 1.26. The van der Waals surface area contributed by atoms with Crippen LogP contribution in [0.4, 0.5) is 5.69 Å². The number of thioether (sulfide) groups is 2. The maximum Gasteiger partial charge on any atom is 0.283 e. The molecule has 106 valence electrons. The fourth-order valence-corrected chi connectivity index (χ4v) is 4.78. The molecule has 1 atom stereocenters. The minimum Gasteiger partial charge on any atom is -0.394 e. The second-order valence-electron chi connectivity index (χ2n) is 4.07. The molecule has 19 heavy (non-hydrogen) atoms. The molecule has 2 N–H and O–H groups in total. The molecule has 1 aliphatic heterocycles. The molecule has 0 aliphatic carbocycles. The van der Waals surface area contributed by atoms with Gasteiger partial charge in [0.25, 0.3) is 5.56 Å². The van der Waals surface area contributed by atoms with Crippen molar-refractivity contribution in [2.75, 3.05) is 35.7 Å². The Balaban J connectivity index is 2.00. The van der Waals surface area contributed by atoms with Crippen molar-refractivity contribution in [3.63, 3.8) is 0 Å². The molecule has 5 nitrogen and oxygen atoms in total. The number of anilines is 1. The summed E-state index contributed by atoms with van der Waals surface area (Å²) in [5, 5.41) is 16.7. The van der Waals surface area contributed by atoms with Gasteiger partial charge in [-0.3, -0.25) is 4.79 Å². The van der Waals surface area contributed by atoms with E-state index >= 15 is 0 Å². The molecule has 8 heteroatoms. The largest absolute Gasteiger partial charge is 0.394 e. The Hall–Kier alpha value is -0.180. The highest BCUT2D eigenvalue weighted by atomic mass is 79.9. The average molecular weight is 366 g/mol. The Kier molecular flexibility index (Phi) is 6.06. The Bertz CT molecular complexity index is 477. The lowest BCUT2D eigenvalue weighted by atomic mass is 10.4. The van der Waals surface area contributed by atoms with Crippen molar-refractivity contribution in [3.8, 4) is 0 Å². The molecular weight excluding hydrogens is 350 g/mol. The molecule has 0 amide bonds. The first kappa shape index (κ1) is 15.2. The van der Waals surface area contributed by atoms with Crippen molar-refractivity contribution in [2.45, 2.75) is 11.8 Å². The lowest BCUT2D eigenvalue weighted by molar-refractivity contribution is 0.266. The van der Waals surface area contributed by atoms with E-state index in [0.717, 1.165) is 18.0 Å². The number of nitrogens with one attached hydrogen (secondary N) is 1. The van der Waals surface area contributed by atoms with Gasteiger partial charge in [-0.05, 0) is 15.9 Å². The number of aromatic nitrogens is 2. The number of aliphatic hydroxyl groups is 1. The summed E-state index contributed by atoms with van der Waals surface area (Å²) in [7, 11) is 0.